The summed E-state index contributed by atoms with van der Waals surface area (Å²) in [5.74, 6) is -6.56. The number of carboxylic acids is 2. The van der Waals surface area contributed by atoms with Crippen LogP contribution in [0.2, 0.25) is 5.02 Å². The van der Waals surface area contributed by atoms with Crippen LogP contribution in [-0.4, -0.2) is 66.9 Å². The number of ether oxygens (including phenoxy) is 1. The van der Waals surface area contributed by atoms with Gasteiger partial charge in [0.2, 0.25) is 0 Å². The summed E-state index contributed by atoms with van der Waals surface area (Å²) in [6.45, 7) is -1.41. The molecule has 1 amide bonds. The van der Waals surface area contributed by atoms with Crippen molar-refractivity contribution < 1.29 is 52.0 Å². The summed E-state index contributed by atoms with van der Waals surface area (Å²) in [6.07, 6.45) is -7.11. The topological polar surface area (TPSA) is 142 Å². The third-order valence-electron chi connectivity index (χ3n) is 5.06. The first-order valence-electron chi connectivity index (χ1n) is 10.5. The standard InChI is InChI=1S/C23H18ClF4N3O7/c24-14-4-2-1-3-13(14)10-30(11-18(32)22(36)37)20(33)16-8-17(21(34)35)31(29-16)9-12-5-6-19(15(25)7-12)38-23(26,27)28/h1-8,18,32H,9-11H2,(H,34,35)(H,36,37)/t18-/m1/s1. The van der Waals surface area contributed by atoms with Gasteiger partial charge in [-0.2, -0.15) is 5.10 Å². The lowest BCUT2D eigenvalue weighted by Gasteiger charge is -2.23. The van der Waals surface area contributed by atoms with Crippen LogP contribution >= 0.6 is 11.6 Å². The zero-order valence-corrected chi connectivity index (χ0v) is 19.8. The monoisotopic (exact) mass is 559 g/mol. The number of aliphatic hydroxyl groups is 1. The number of carbonyl (C=O) groups excluding carboxylic acids is 1. The maximum absolute atomic E-state index is 14.1. The number of halogens is 5. The number of rotatable bonds is 10. The summed E-state index contributed by atoms with van der Waals surface area (Å²) in [6, 6.07) is 9.62. The zero-order chi connectivity index (χ0) is 28.2. The molecule has 10 nitrogen and oxygen atoms in total. The SMILES string of the molecule is O=C(O)c1cc(C(=O)N(Cc2ccccc2Cl)C[C@@H](O)C(=O)O)nn1Cc1ccc(OC(F)(F)F)c(F)c1. The Balaban J connectivity index is 1.92. The number of amides is 1. The van der Waals surface area contributed by atoms with Gasteiger partial charge >= 0.3 is 18.3 Å². The van der Waals surface area contributed by atoms with Gasteiger partial charge in [-0.05, 0) is 29.3 Å². The van der Waals surface area contributed by atoms with E-state index in [-0.39, 0.29) is 17.1 Å². The predicted octanol–water partition coefficient (Wildman–Crippen LogP) is 3.41. The van der Waals surface area contributed by atoms with Crippen LogP contribution in [0.15, 0.2) is 48.5 Å². The average Bonchev–Trinajstić information content (AvgIpc) is 3.24. The third kappa shape index (κ3) is 7.20. The van der Waals surface area contributed by atoms with Gasteiger partial charge in [-0.25, -0.2) is 14.0 Å². The summed E-state index contributed by atoms with van der Waals surface area (Å²) in [4.78, 5) is 37.1. The Morgan fingerprint density at radius 1 is 1.11 bits per heavy atom. The van der Waals surface area contributed by atoms with E-state index in [1.807, 2.05) is 0 Å². The number of aliphatic hydroxyl groups excluding tert-OH is 1. The first-order valence-corrected chi connectivity index (χ1v) is 10.9. The Morgan fingerprint density at radius 3 is 2.37 bits per heavy atom. The normalized spacial score (nSPS) is 12.2. The van der Waals surface area contributed by atoms with Gasteiger partial charge in [-0.3, -0.25) is 9.48 Å². The van der Waals surface area contributed by atoms with Gasteiger partial charge in [0.05, 0.1) is 13.1 Å². The zero-order valence-electron chi connectivity index (χ0n) is 19.0. The van der Waals surface area contributed by atoms with Crippen molar-refractivity contribution in [2.24, 2.45) is 0 Å². The molecule has 3 aromatic rings. The summed E-state index contributed by atoms with van der Waals surface area (Å²) < 4.78 is 55.6. The van der Waals surface area contributed by atoms with Gasteiger partial charge < -0.3 is 25.0 Å². The van der Waals surface area contributed by atoms with Crippen LogP contribution in [0.5, 0.6) is 5.75 Å². The van der Waals surface area contributed by atoms with E-state index in [0.29, 0.717) is 17.7 Å². The van der Waals surface area contributed by atoms with Gasteiger partial charge in [0.25, 0.3) is 5.91 Å². The highest BCUT2D eigenvalue weighted by atomic mass is 35.5. The maximum atomic E-state index is 14.1. The molecule has 0 fully saturated rings. The molecule has 0 unspecified atom stereocenters. The van der Waals surface area contributed by atoms with E-state index in [0.717, 1.165) is 21.7 Å². The number of aromatic carboxylic acids is 1. The molecule has 0 aliphatic carbocycles. The molecule has 1 aromatic heterocycles. The van der Waals surface area contributed by atoms with Crippen LogP contribution in [0.1, 0.15) is 32.1 Å². The lowest BCUT2D eigenvalue weighted by atomic mass is 10.2. The molecule has 0 saturated heterocycles. The molecule has 0 aliphatic rings. The number of alkyl halides is 3. The summed E-state index contributed by atoms with van der Waals surface area (Å²) in [7, 11) is 0. The van der Waals surface area contributed by atoms with Gasteiger partial charge in [0.15, 0.2) is 23.4 Å². The van der Waals surface area contributed by atoms with Crippen LogP contribution in [0.3, 0.4) is 0 Å². The first kappa shape index (κ1) is 28.4. The summed E-state index contributed by atoms with van der Waals surface area (Å²) in [5.41, 5.74) is -0.587. The maximum Gasteiger partial charge on any atom is 0.573 e. The Kier molecular flexibility index (Phi) is 8.58. The number of aliphatic carboxylic acids is 1. The molecule has 15 heteroatoms. The highest BCUT2D eigenvalue weighted by Gasteiger charge is 2.32. The van der Waals surface area contributed by atoms with Gasteiger partial charge in [-0.15, -0.1) is 13.2 Å². The number of carboxylic acid groups (broad SMARTS) is 2. The van der Waals surface area contributed by atoms with Crippen molar-refractivity contribution in [2.75, 3.05) is 6.54 Å². The van der Waals surface area contributed by atoms with E-state index in [9.17, 15) is 42.2 Å². The molecule has 0 saturated carbocycles. The van der Waals surface area contributed by atoms with E-state index < -0.39 is 66.4 Å². The molecule has 3 rings (SSSR count). The molecule has 202 valence electrons. The molecule has 0 radical (unpaired) electrons. The van der Waals surface area contributed by atoms with Crippen LogP contribution in [0.4, 0.5) is 17.6 Å². The molecule has 0 bridgehead atoms. The number of hydrogen-bond donors (Lipinski definition) is 3. The Hall–Kier alpha value is -4.17. The van der Waals surface area contributed by atoms with Crippen molar-refractivity contribution in [2.45, 2.75) is 25.6 Å². The highest BCUT2D eigenvalue weighted by molar-refractivity contribution is 6.31. The molecule has 1 atom stereocenters. The lowest BCUT2D eigenvalue weighted by Crippen LogP contribution is -2.40. The minimum Gasteiger partial charge on any atom is -0.479 e. The second kappa shape index (κ2) is 11.5. The minimum atomic E-state index is -5.12. The van der Waals surface area contributed by atoms with Crippen molar-refractivity contribution >= 4 is 29.4 Å². The van der Waals surface area contributed by atoms with Crippen LogP contribution in [0, 0.1) is 5.82 Å². The van der Waals surface area contributed by atoms with E-state index in [4.69, 9.17) is 16.7 Å². The number of aromatic nitrogens is 2. The second-order valence-corrected chi connectivity index (χ2v) is 8.23. The fourth-order valence-electron chi connectivity index (χ4n) is 3.34. The van der Waals surface area contributed by atoms with Crippen LogP contribution < -0.4 is 4.74 Å². The fourth-order valence-corrected chi connectivity index (χ4v) is 3.53. The smallest absolute Gasteiger partial charge is 0.479 e. The molecule has 1 heterocycles. The lowest BCUT2D eigenvalue weighted by molar-refractivity contribution is -0.275. The summed E-state index contributed by atoms with van der Waals surface area (Å²) in [5, 5.41) is 32.6. The molecule has 3 N–H and O–H groups in total. The molecule has 2 aromatic carbocycles. The quantitative estimate of drug-likeness (QED) is 0.321. The summed E-state index contributed by atoms with van der Waals surface area (Å²) >= 11 is 6.12. The number of carbonyl (C=O) groups is 3. The molecular weight excluding hydrogens is 542 g/mol. The van der Waals surface area contributed by atoms with Crippen molar-refractivity contribution in [3.8, 4) is 5.75 Å². The van der Waals surface area contributed by atoms with Crippen molar-refractivity contribution in [1.82, 2.24) is 14.7 Å². The third-order valence-corrected chi connectivity index (χ3v) is 5.43. The highest BCUT2D eigenvalue weighted by Crippen LogP contribution is 2.26. The number of hydrogen-bond acceptors (Lipinski definition) is 6. The fraction of sp³-hybridized carbons (Fsp3) is 0.217. The van der Waals surface area contributed by atoms with E-state index >= 15 is 0 Å². The average molecular weight is 560 g/mol. The van der Waals surface area contributed by atoms with Crippen LogP contribution in [0.25, 0.3) is 0 Å². The number of benzene rings is 2. The predicted molar refractivity (Wildman–Crippen MR) is 121 cm³/mol. The Labute approximate surface area is 216 Å². The van der Waals surface area contributed by atoms with Crippen molar-refractivity contribution in [3.63, 3.8) is 0 Å². The van der Waals surface area contributed by atoms with Crippen molar-refractivity contribution in [3.05, 3.63) is 81.9 Å². The minimum absolute atomic E-state index is 0.00385. The first-order chi connectivity index (χ1) is 17.7. The largest absolute Gasteiger partial charge is 0.573 e. The van der Waals surface area contributed by atoms with E-state index in [1.165, 1.54) is 6.07 Å². The second-order valence-electron chi connectivity index (χ2n) is 7.82. The number of nitrogens with zero attached hydrogens (tertiary/aromatic N) is 3. The molecular formula is C23H18ClF4N3O7. The van der Waals surface area contributed by atoms with Crippen molar-refractivity contribution in [1.29, 1.82) is 0 Å². The van der Waals surface area contributed by atoms with Gasteiger partial charge in [-0.1, -0.05) is 35.9 Å². The molecule has 38 heavy (non-hydrogen) atoms. The van der Waals surface area contributed by atoms with E-state index in [1.54, 1.807) is 18.2 Å². The van der Waals surface area contributed by atoms with Gasteiger partial charge in [0, 0.05) is 17.6 Å². The van der Waals surface area contributed by atoms with E-state index in [2.05, 4.69) is 9.84 Å². The van der Waals surface area contributed by atoms with Crippen LogP contribution in [-0.2, 0) is 17.9 Å². The Bertz CT molecular complexity index is 1360. The Morgan fingerprint density at radius 2 is 1.79 bits per heavy atom. The van der Waals surface area contributed by atoms with Gasteiger partial charge in [0.1, 0.15) is 5.69 Å². The molecule has 0 aliphatic heterocycles. The molecule has 0 spiro atoms.